The molecule has 1 N–H and O–H groups in total. The molecule has 19 heavy (non-hydrogen) atoms. The van der Waals surface area contributed by atoms with Crippen molar-refractivity contribution in [1.82, 2.24) is 4.98 Å². The number of para-hydroxylation sites is 1. The Kier molecular flexibility index (Phi) is 2.84. The Morgan fingerprint density at radius 2 is 2.00 bits per heavy atom. The highest BCUT2D eigenvalue weighted by atomic mass is 19.4. The first-order chi connectivity index (χ1) is 8.97. The molecule has 1 fully saturated rings. The smallest absolute Gasteiger partial charge is 0.360 e. The summed E-state index contributed by atoms with van der Waals surface area (Å²) in [5.41, 5.74) is 0.706. The Hall–Kier alpha value is -1.45. The van der Waals surface area contributed by atoms with Gasteiger partial charge in [0, 0.05) is 11.6 Å². The van der Waals surface area contributed by atoms with Crippen LogP contribution in [0, 0.1) is 5.92 Å². The maximum Gasteiger partial charge on any atom is 0.418 e. The highest BCUT2D eigenvalue weighted by Gasteiger charge is 2.34. The number of aromatic amines is 1. The van der Waals surface area contributed by atoms with Gasteiger partial charge in [-0.2, -0.15) is 13.2 Å². The van der Waals surface area contributed by atoms with Crippen molar-refractivity contribution >= 4 is 10.9 Å². The average molecular weight is 267 g/mol. The Balaban J connectivity index is 2.09. The molecule has 102 valence electrons. The van der Waals surface area contributed by atoms with E-state index in [0.717, 1.165) is 36.3 Å². The summed E-state index contributed by atoms with van der Waals surface area (Å²) >= 11 is 0. The molecule has 1 nitrogen and oxygen atoms in total. The lowest BCUT2D eigenvalue weighted by atomic mass is 9.95. The van der Waals surface area contributed by atoms with E-state index >= 15 is 0 Å². The number of fused-ring (bicyclic) bond motifs is 1. The normalized spacial score (nSPS) is 24.2. The van der Waals surface area contributed by atoms with Crippen LogP contribution in [0.2, 0.25) is 0 Å². The van der Waals surface area contributed by atoms with Gasteiger partial charge in [-0.3, -0.25) is 0 Å². The summed E-state index contributed by atoms with van der Waals surface area (Å²) in [6, 6.07) is 4.43. The summed E-state index contributed by atoms with van der Waals surface area (Å²) in [4.78, 5) is 2.84. The van der Waals surface area contributed by atoms with Gasteiger partial charge < -0.3 is 4.98 Å². The number of halogens is 3. The molecule has 1 saturated carbocycles. The summed E-state index contributed by atoms with van der Waals surface area (Å²) < 4.78 is 38.8. The minimum atomic E-state index is -4.30. The molecule has 1 aromatic carbocycles. The zero-order chi connectivity index (χ0) is 13.6. The van der Waals surface area contributed by atoms with Gasteiger partial charge in [-0.25, -0.2) is 0 Å². The molecular formula is C15H16F3N. The fourth-order valence-corrected chi connectivity index (χ4v) is 3.24. The quantitative estimate of drug-likeness (QED) is 0.740. The van der Waals surface area contributed by atoms with Crippen molar-refractivity contribution in [2.45, 2.75) is 38.3 Å². The molecule has 2 aromatic rings. The molecule has 1 aromatic heterocycles. The Bertz CT molecular complexity index is 597. The van der Waals surface area contributed by atoms with Crippen molar-refractivity contribution in [3.63, 3.8) is 0 Å². The van der Waals surface area contributed by atoms with Crippen LogP contribution in [0.25, 0.3) is 10.9 Å². The minimum Gasteiger partial charge on any atom is -0.360 e. The minimum absolute atomic E-state index is 0.226. The number of rotatable bonds is 1. The summed E-state index contributed by atoms with van der Waals surface area (Å²) in [5, 5.41) is 0.730. The van der Waals surface area contributed by atoms with Crippen LogP contribution in [-0.2, 0) is 6.18 Å². The van der Waals surface area contributed by atoms with E-state index in [-0.39, 0.29) is 5.52 Å². The summed E-state index contributed by atoms with van der Waals surface area (Å²) in [5.74, 6) is 1.06. The zero-order valence-electron chi connectivity index (χ0n) is 10.7. The van der Waals surface area contributed by atoms with Gasteiger partial charge in [-0.05, 0) is 36.3 Å². The number of H-pyrrole nitrogens is 1. The van der Waals surface area contributed by atoms with Crippen molar-refractivity contribution < 1.29 is 13.2 Å². The molecule has 2 unspecified atom stereocenters. The molecule has 4 heteroatoms. The van der Waals surface area contributed by atoms with E-state index in [9.17, 15) is 13.2 Å². The summed E-state index contributed by atoms with van der Waals surface area (Å²) in [7, 11) is 0. The van der Waals surface area contributed by atoms with Crippen molar-refractivity contribution in [2.24, 2.45) is 5.92 Å². The Morgan fingerprint density at radius 1 is 1.21 bits per heavy atom. The van der Waals surface area contributed by atoms with Gasteiger partial charge in [0.25, 0.3) is 0 Å². The first-order valence-electron chi connectivity index (χ1n) is 6.64. The number of hydrogen-bond donors (Lipinski definition) is 1. The van der Waals surface area contributed by atoms with Crippen LogP contribution in [0.3, 0.4) is 0 Å². The van der Waals surface area contributed by atoms with E-state index in [4.69, 9.17) is 0 Å². The predicted molar refractivity (Wildman–Crippen MR) is 69.1 cm³/mol. The molecule has 0 saturated heterocycles. The molecule has 0 amide bonds. The van der Waals surface area contributed by atoms with Crippen LogP contribution in [0.1, 0.15) is 43.2 Å². The van der Waals surface area contributed by atoms with Crippen LogP contribution in [0.5, 0.6) is 0 Å². The first-order valence-corrected chi connectivity index (χ1v) is 6.64. The third-order valence-electron chi connectivity index (χ3n) is 4.19. The first kappa shape index (κ1) is 12.6. The largest absolute Gasteiger partial charge is 0.418 e. The molecule has 0 bridgehead atoms. The van der Waals surface area contributed by atoms with Crippen LogP contribution in [0.4, 0.5) is 13.2 Å². The summed E-state index contributed by atoms with van der Waals surface area (Å²) in [6.45, 7) is 2.20. The zero-order valence-corrected chi connectivity index (χ0v) is 10.7. The van der Waals surface area contributed by atoms with Gasteiger partial charge in [-0.15, -0.1) is 0 Å². The van der Waals surface area contributed by atoms with Crippen molar-refractivity contribution in [3.05, 3.63) is 35.5 Å². The molecule has 0 spiro atoms. The van der Waals surface area contributed by atoms with E-state index in [1.807, 2.05) is 0 Å². The van der Waals surface area contributed by atoms with Crippen molar-refractivity contribution in [2.75, 3.05) is 0 Å². The standard InChI is InChI=1S/C15H16F3N/c1-9-5-6-10(7-9)12-8-19-14-11(12)3-2-4-13(14)15(16,17)18/h2-4,8-10,19H,5-7H2,1H3. The number of benzene rings is 1. The second-order valence-corrected chi connectivity index (χ2v) is 5.59. The molecule has 1 aliphatic rings. The van der Waals surface area contributed by atoms with Gasteiger partial charge in [0.1, 0.15) is 0 Å². The highest BCUT2D eigenvalue weighted by molar-refractivity contribution is 5.87. The fourth-order valence-electron chi connectivity index (χ4n) is 3.24. The van der Waals surface area contributed by atoms with Gasteiger partial charge in [0.15, 0.2) is 0 Å². The lowest BCUT2D eigenvalue weighted by Crippen LogP contribution is -2.05. The Morgan fingerprint density at radius 3 is 2.63 bits per heavy atom. The molecule has 1 aliphatic carbocycles. The Labute approximate surface area is 109 Å². The van der Waals surface area contributed by atoms with Crippen LogP contribution in [-0.4, -0.2) is 4.98 Å². The van der Waals surface area contributed by atoms with Gasteiger partial charge in [-0.1, -0.05) is 25.5 Å². The van der Waals surface area contributed by atoms with E-state index in [2.05, 4.69) is 11.9 Å². The molecule has 3 rings (SSSR count). The maximum absolute atomic E-state index is 12.9. The van der Waals surface area contributed by atoms with E-state index in [1.54, 1.807) is 12.3 Å². The molecule has 0 radical (unpaired) electrons. The SMILES string of the molecule is CC1CCC(c2c[nH]c3c(C(F)(F)F)cccc23)C1. The monoisotopic (exact) mass is 267 g/mol. The lowest BCUT2D eigenvalue weighted by molar-refractivity contribution is -0.136. The molecule has 1 heterocycles. The van der Waals surface area contributed by atoms with Crippen LogP contribution >= 0.6 is 0 Å². The van der Waals surface area contributed by atoms with Crippen molar-refractivity contribution in [3.8, 4) is 0 Å². The molecule has 0 aliphatic heterocycles. The van der Waals surface area contributed by atoms with E-state index in [0.29, 0.717) is 11.8 Å². The number of alkyl halides is 3. The van der Waals surface area contributed by atoms with Crippen molar-refractivity contribution in [1.29, 1.82) is 0 Å². The molecule has 2 atom stereocenters. The van der Waals surface area contributed by atoms with Crippen LogP contribution < -0.4 is 0 Å². The predicted octanol–water partition coefficient (Wildman–Crippen LogP) is 5.09. The highest BCUT2D eigenvalue weighted by Crippen LogP contribution is 2.42. The number of hydrogen-bond acceptors (Lipinski definition) is 0. The fraction of sp³-hybridized carbons (Fsp3) is 0.467. The topological polar surface area (TPSA) is 15.8 Å². The van der Waals surface area contributed by atoms with Gasteiger partial charge >= 0.3 is 6.18 Å². The van der Waals surface area contributed by atoms with Crippen LogP contribution in [0.15, 0.2) is 24.4 Å². The number of nitrogens with one attached hydrogen (secondary N) is 1. The maximum atomic E-state index is 12.9. The molecular weight excluding hydrogens is 251 g/mol. The number of aromatic nitrogens is 1. The van der Waals surface area contributed by atoms with E-state index < -0.39 is 11.7 Å². The second kappa shape index (κ2) is 4.29. The third-order valence-corrected chi connectivity index (χ3v) is 4.19. The van der Waals surface area contributed by atoms with E-state index in [1.165, 1.54) is 6.07 Å². The summed E-state index contributed by atoms with van der Waals surface area (Å²) in [6.07, 6.45) is 0.775. The lowest BCUT2D eigenvalue weighted by Gasteiger charge is -2.10. The average Bonchev–Trinajstić information content (AvgIpc) is 2.92. The van der Waals surface area contributed by atoms with Gasteiger partial charge in [0.05, 0.1) is 11.1 Å². The third kappa shape index (κ3) is 2.13. The second-order valence-electron chi connectivity index (χ2n) is 5.59. The van der Waals surface area contributed by atoms with Gasteiger partial charge in [0.2, 0.25) is 0 Å².